The maximum atomic E-state index is 12.0. The predicted molar refractivity (Wildman–Crippen MR) is 156 cm³/mol. The third kappa shape index (κ3) is 9.20. The van der Waals surface area contributed by atoms with Crippen LogP contribution in [0.5, 0.6) is 0 Å². The number of hydrogen-bond donors (Lipinski definition) is 16. The lowest BCUT2D eigenvalue weighted by molar-refractivity contribution is -0.361. The van der Waals surface area contributed by atoms with E-state index in [1.807, 2.05) is 0 Å². The molecule has 0 aromatic rings. The van der Waals surface area contributed by atoms with E-state index in [0.717, 1.165) is 13.8 Å². The lowest BCUT2D eigenvalue weighted by atomic mass is 9.73. The van der Waals surface area contributed by atoms with Gasteiger partial charge in [-0.25, -0.2) is 0 Å². The van der Waals surface area contributed by atoms with E-state index in [-0.39, 0.29) is 0 Å². The van der Waals surface area contributed by atoms with Crippen molar-refractivity contribution >= 4 is 11.8 Å². The van der Waals surface area contributed by atoms with Gasteiger partial charge in [0, 0.05) is 39.5 Å². The van der Waals surface area contributed by atoms with Crippen molar-refractivity contribution < 1.29 is 95.3 Å². The Morgan fingerprint density at radius 1 is 0.755 bits per heavy atom. The second-order valence-electron chi connectivity index (χ2n) is 13.2. The minimum Gasteiger partial charge on any atom is -0.394 e. The van der Waals surface area contributed by atoms with Crippen LogP contribution in [0, 0.1) is 0 Å². The Morgan fingerprint density at radius 2 is 1.18 bits per heavy atom. The number of aliphatic hydroxyl groups excluding tert-OH is 11. The fourth-order valence-corrected chi connectivity index (χ4v) is 6.81. The number of carbonyl (C=O) groups is 2. The van der Waals surface area contributed by atoms with Gasteiger partial charge in [-0.1, -0.05) is 0 Å². The van der Waals surface area contributed by atoms with Gasteiger partial charge in [0.25, 0.3) is 0 Å². The quantitative estimate of drug-likeness (QED) is 0.0840. The van der Waals surface area contributed by atoms with Crippen LogP contribution in [-0.4, -0.2) is 206 Å². The third-order valence-electron chi connectivity index (χ3n) is 9.24. The van der Waals surface area contributed by atoms with E-state index >= 15 is 0 Å². The average Bonchev–Trinajstić information content (AvgIpc) is 3.02. The molecule has 2 amide bonds. The van der Waals surface area contributed by atoms with E-state index in [9.17, 15) is 81.1 Å². The average molecular weight is 719 g/mol. The van der Waals surface area contributed by atoms with Crippen LogP contribution < -0.4 is 10.6 Å². The molecule has 16 N–H and O–H groups in total. The van der Waals surface area contributed by atoms with E-state index in [2.05, 4.69) is 10.6 Å². The molecule has 0 bridgehead atoms. The van der Waals surface area contributed by atoms with Crippen molar-refractivity contribution in [3.63, 3.8) is 0 Å². The number of ether oxygens (including phenoxy) is 3. The van der Waals surface area contributed by atoms with Crippen LogP contribution in [0.1, 0.15) is 39.5 Å². The van der Waals surface area contributed by atoms with Crippen molar-refractivity contribution in [1.82, 2.24) is 10.6 Å². The molecule has 0 saturated carbocycles. The first kappa shape index (κ1) is 41.7. The van der Waals surface area contributed by atoms with Crippen molar-refractivity contribution in [2.75, 3.05) is 19.8 Å². The highest BCUT2D eigenvalue weighted by atomic mass is 16.7. The summed E-state index contributed by atoms with van der Waals surface area (Å²) in [6, 6.07) is -2.94. The molecule has 0 aromatic heterocycles. The van der Waals surface area contributed by atoms with Crippen LogP contribution >= 0.6 is 0 Å². The standard InChI is InChI=1S/C28H50N2O19/c1-10(34)29-18-12(36)3-26(44,48-23(18)20(40)14(38)6-31)5-17-28(46,25(43)22(42)16(8-33)47-17)9-27(45)4-13(37)19(30-11(2)35)24(49-27)21(41)15(39)7-32/h12-25,31-33,36-46H,3-9H2,1-2H3,(H,29,34)(H,30,35)/t12-,13-,14+,15+,16+,17?,18+,19+,20+,21+,22-,23+,24+,25-,26-,27-,28-/m0/s1. The molecule has 3 aliphatic rings. The molecule has 0 aromatic carbocycles. The molecule has 3 fully saturated rings. The van der Waals surface area contributed by atoms with Crippen molar-refractivity contribution in [2.24, 2.45) is 0 Å². The molecule has 0 spiro atoms. The van der Waals surface area contributed by atoms with Gasteiger partial charge in [0.15, 0.2) is 11.6 Å². The second-order valence-corrected chi connectivity index (χ2v) is 13.2. The van der Waals surface area contributed by atoms with E-state index in [1.165, 1.54) is 0 Å². The summed E-state index contributed by atoms with van der Waals surface area (Å²) in [7, 11) is 0. The molecule has 3 rings (SSSR count). The first-order chi connectivity index (χ1) is 22.7. The molecule has 0 radical (unpaired) electrons. The molecule has 286 valence electrons. The lowest BCUT2D eigenvalue weighted by Gasteiger charge is -2.55. The zero-order valence-corrected chi connectivity index (χ0v) is 26.8. The number of nitrogens with one attached hydrogen (secondary N) is 2. The normalized spacial score (nSPS) is 44.0. The van der Waals surface area contributed by atoms with Crippen LogP contribution in [0.4, 0.5) is 0 Å². The van der Waals surface area contributed by atoms with Gasteiger partial charge < -0.3 is 96.3 Å². The fraction of sp³-hybridized carbons (Fsp3) is 0.929. The number of aliphatic hydroxyl groups is 14. The van der Waals surface area contributed by atoms with Crippen LogP contribution in [0.25, 0.3) is 0 Å². The van der Waals surface area contributed by atoms with Crippen LogP contribution in [0.2, 0.25) is 0 Å². The SMILES string of the molecule is CC(=O)N[C@H]1[C@H]([C@H](O)[C@H](O)CO)O[C@](O)(C[C@]2(O)C(C[C@]3(O)C[C@H](O)[C@@H](NC(C)=O)[C@H]([C@H](O)[C@H](O)CO)O3)O[C@H](CO)[C@H](O)[C@@H]2O)C[C@@H]1O. The topological polar surface area (TPSA) is 369 Å². The molecular formula is C28H50N2O19. The summed E-state index contributed by atoms with van der Waals surface area (Å²) in [5.74, 6) is -6.87. The predicted octanol–water partition coefficient (Wildman–Crippen LogP) is -8.91. The zero-order valence-electron chi connectivity index (χ0n) is 26.8. The maximum absolute atomic E-state index is 12.0. The number of amides is 2. The second kappa shape index (κ2) is 16.3. The Labute approximate surface area is 279 Å². The summed E-state index contributed by atoms with van der Waals surface area (Å²) in [6.07, 6.45) is -26.8. The third-order valence-corrected chi connectivity index (χ3v) is 9.24. The van der Waals surface area contributed by atoms with Crippen LogP contribution in [-0.2, 0) is 23.8 Å². The zero-order chi connectivity index (χ0) is 37.2. The minimum absolute atomic E-state index is 0.708. The first-order valence-corrected chi connectivity index (χ1v) is 15.6. The monoisotopic (exact) mass is 718 g/mol. The number of carbonyl (C=O) groups excluding carboxylic acids is 2. The molecule has 21 heteroatoms. The Morgan fingerprint density at radius 3 is 1.59 bits per heavy atom. The molecule has 0 aliphatic carbocycles. The van der Waals surface area contributed by atoms with Gasteiger partial charge in [0.1, 0.15) is 60.5 Å². The Balaban J connectivity index is 2.01. The van der Waals surface area contributed by atoms with Gasteiger partial charge in [0.05, 0.1) is 50.2 Å². The summed E-state index contributed by atoms with van der Waals surface area (Å²) in [5, 5.41) is 154. The summed E-state index contributed by atoms with van der Waals surface area (Å²) < 4.78 is 16.9. The fourth-order valence-electron chi connectivity index (χ4n) is 6.81. The van der Waals surface area contributed by atoms with Crippen molar-refractivity contribution in [1.29, 1.82) is 0 Å². The van der Waals surface area contributed by atoms with Crippen molar-refractivity contribution in [3.8, 4) is 0 Å². The van der Waals surface area contributed by atoms with E-state index in [4.69, 9.17) is 14.2 Å². The van der Waals surface area contributed by atoms with Gasteiger partial charge >= 0.3 is 0 Å². The molecular weight excluding hydrogens is 668 g/mol. The smallest absolute Gasteiger partial charge is 0.217 e. The van der Waals surface area contributed by atoms with Gasteiger partial charge in [-0.2, -0.15) is 0 Å². The number of rotatable bonds is 13. The van der Waals surface area contributed by atoms with Gasteiger partial charge in [-0.15, -0.1) is 0 Å². The lowest BCUT2D eigenvalue weighted by Crippen LogP contribution is -2.72. The first-order valence-electron chi connectivity index (χ1n) is 15.6. The highest BCUT2D eigenvalue weighted by Crippen LogP contribution is 2.45. The van der Waals surface area contributed by atoms with Crippen molar-refractivity contribution in [3.05, 3.63) is 0 Å². The number of hydrogen-bond acceptors (Lipinski definition) is 19. The molecule has 49 heavy (non-hydrogen) atoms. The summed E-state index contributed by atoms with van der Waals surface area (Å²) in [6.45, 7) is -0.851. The molecule has 1 unspecified atom stereocenters. The highest BCUT2D eigenvalue weighted by molar-refractivity contribution is 5.73. The largest absolute Gasteiger partial charge is 0.394 e. The Kier molecular flexibility index (Phi) is 13.9. The van der Waals surface area contributed by atoms with Crippen LogP contribution in [0.3, 0.4) is 0 Å². The molecule has 3 heterocycles. The van der Waals surface area contributed by atoms with Crippen LogP contribution in [0.15, 0.2) is 0 Å². The van der Waals surface area contributed by atoms with Gasteiger partial charge in [0.2, 0.25) is 11.8 Å². The minimum atomic E-state index is -2.91. The maximum Gasteiger partial charge on any atom is 0.217 e. The van der Waals surface area contributed by atoms with Crippen molar-refractivity contribution in [2.45, 2.75) is 142 Å². The summed E-state index contributed by atoms with van der Waals surface area (Å²) >= 11 is 0. The Bertz CT molecular complexity index is 1120. The molecule has 3 aliphatic heterocycles. The van der Waals surface area contributed by atoms with E-state index in [0.29, 0.717) is 0 Å². The van der Waals surface area contributed by atoms with E-state index < -0.39 is 160 Å². The van der Waals surface area contributed by atoms with Gasteiger partial charge in [-0.05, 0) is 0 Å². The molecule has 21 nitrogen and oxygen atoms in total. The molecule has 17 atom stereocenters. The molecule has 3 saturated heterocycles. The summed E-state index contributed by atoms with van der Waals surface area (Å²) in [5.41, 5.74) is -2.91. The van der Waals surface area contributed by atoms with Gasteiger partial charge in [-0.3, -0.25) is 9.59 Å². The highest BCUT2D eigenvalue weighted by Gasteiger charge is 2.62. The summed E-state index contributed by atoms with van der Waals surface area (Å²) in [4.78, 5) is 23.6. The Hall–Kier alpha value is -1.74. The van der Waals surface area contributed by atoms with E-state index in [1.54, 1.807) is 0 Å².